The molecule has 2 rings (SSSR count). The molecule has 114 valence electrons. The van der Waals surface area contributed by atoms with E-state index < -0.39 is 11.5 Å². The van der Waals surface area contributed by atoms with E-state index in [1.165, 1.54) is 17.4 Å². The van der Waals surface area contributed by atoms with Gasteiger partial charge in [0, 0.05) is 11.5 Å². The van der Waals surface area contributed by atoms with Gasteiger partial charge in [0.25, 0.3) is 0 Å². The lowest BCUT2D eigenvalue weighted by atomic mass is 9.76. The SMILES string of the molecule is Cc1nc(C=CC(=O)NC2(C(=O)O)CCCC(C)C2)cs1. The Bertz CT molecular complexity index is 567. The zero-order valence-corrected chi connectivity index (χ0v) is 13.1. The fraction of sp³-hybridized carbons (Fsp3) is 0.533. The summed E-state index contributed by atoms with van der Waals surface area (Å²) in [5.41, 5.74) is -0.411. The maximum atomic E-state index is 12.0. The van der Waals surface area contributed by atoms with E-state index in [0.717, 1.165) is 17.8 Å². The average molecular weight is 308 g/mol. The predicted octanol–water partition coefficient (Wildman–Crippen LogP) is 2.61. The fourth-order valence-electron chi connectivity index (χ4n) is 2.81. The standard InChI is InChI=1S/C15H20N2O3S/c1-10-4-3-7-15(8-10,14(19)20)17-13(18)6-5-12-9-21-11(2)16-12/h5-6,9-10H,3-4,7-8H2,1-2H3,(H,17,18)(H,19,20). The monoisotopic (exact) mass is 308 g/mol. The summed E-state index contributed by atoms with van der Waals surface area (Å²) in [6.45, 7) is 3.92. The first-order valence-corrected chi connectivity index (χ1v) is 7.95. The maximum absolute atomic E-state index is 12.0. The van der Waals surface area contributed by atoms with Gasteiger partial charge in [0.1, 0.15) is 5.54 Å². The number of carbonyl (C=O) groups excluding carboxylic acids is 1. The smallest absolute Gasteiger partial charge is 0.329 e. The molecule has 1 heterocycles. The molecule has 1 fully saturated rings. The Morgan fingerprint density at radius 3 is 2.90 bits per heavy atom. The molecule has 1 aliphatic rings. The van der Waals surface area contributed by atoms with Crippen LogP contribution in [0.25, 0.3) is 6.08 Å². The third kappa shape index (κ3) is 3.91. The minimum absolute atomic E-state index is 0.306. The van der Waals surface area contributed by atoms with Gasteiger partial charge in [0.2, 0.25) is 5.91 Å². The van der Waals surface area contributed by atoms with Crippen molar-refractivity contribution in [2.45, 2.75) is 45.1 Å². The summed E-state index contributed by atoms with van der Waals surface area (Å²) in [6, 6.07) is 0. The molecule has 2 atom stereocenters. The third-order valence-electron chi connectivity index (χ3n) is 3.81. The van der Waals surface area contributed by atoms with Crippen molar-refractivity contribution in [1.82, 2.24) is 10.3 Å². The van der Waals surface area contributed by atoms with Gasteiger partial charge in [-0.15, -0.1) is 11.3 Å². The number of aryl methyl sites for hydroxylation is 1. The fourth-order valence-corrected chi connectivity index (χ4v) is 3.39. The first-order valence-electron chi connectivity index (χ1n) is 7.07. The number of thiazole rings is 1. The van der Waals surface area contributed by atoms with Crippen LogP contribution in [0.2, 0.25) is 0 Å². The molecule has 6 heteroatoms. The van der Waals surface area contributed by atoms with Crippen molar-refractivity contribution in [3.05, 3.63) is 22.2 Å². The summed E-state index contributed by atoms with van der Waals surface area (Å²) in [7, 11) is 0. The van der Waals surface area contributed by atoms with Crippen molar-refractivity contribution in [2.24, 2.45) is 5.92 Å². The molecule has 1 aliphatic carbocycles. The molecule has 5 nitrogen and oxygen atoms in total. The number of hydrogen-bond donors (Lipinski definition) is 2. The number of rotatable bonds is 4. The first-order chi connectivity index (χ1) is 9.91. The molecule has 21 heavy (non-hydrogen) atoms. The second kappa shape index (κ2) is 6.39. The van der Waals surface area contributed by atoms with Gasteiger partial charge in [-0.2, -0.15) is 0 Å². The van der Waals surface area contributed by atoms with E-state index in [4.69, 9.17) is 0 Å². The van der Waals surface area contributed by atoms with Crippen LogP contribution in [0.3, 0.4) is 0 Å². The van der Waals surface area contributed by atoms with Crippen LogP contribution in [0.4, 0.5) is 0 Å². The van der Waals surface area contributed by atoms with Gasteiger partial charge in [-0.05, 0) is 31.8 Å². The molecule has 1 aromatic heterocycles. The lowest BCUT2D eigenvalue weighted by molar-refractivity contribution is -0.149. The quantitative estimate of drug-likeness (QED) is 0.838. The zero-order valence-electron chi connectivity index (χ0n) is 12.3. The molecule has 2 unspecified atom stereocenters. The van der Waals surface area contributed by atoms with Crippen LogP contribution in [0.5, 0.6) is 0 Å². The van der Waals surface area contributed by atoms with Crippen molar-refractivity contribution in [1.29, 1.82) is 0 Å². The van der Waals surface area contributed by atoms with Crippen LogP contribution in [0.15, 0.2) is 11.5 Å². The second-order valence-electron chi connectivity index (χ2n) is 5.70. The van der Waals surface area contributed by atoms with Gasteiger partial charge < -0.3 is 10.4 Å². The van der Waals surface area contributed by atoms with Crippen molar-refractivity contribution < 1.29 is 14.7 Å². The lowest BCUT2D eigenvalue weighted by Crippen LogP contribution is -2.56. The number of hydrogen-bond acceptors (Lipinski definition) is 4. The largest absolute Gasteiger partial charge is 0.480 e. The highest BCUT2D eigenvalue weighted by Gasteiger charge is 2.42. The van der Waals surface area contributed by atoms with E-state index in [0.29, 0.717) is 24.5 Å². The van der Waals surface area contributed by atoms with Gasteiger partial charge in [-0.25, -0.2) is 9.78 Å². The Labute approximate surface area is 128 Å². The number of amides is 1. The van der Waals surface area contributed by atoms with Gasteiger partial charge in [-0.3, -0.25) is 4.79 Å². The number of carboxylic acids is 1. The Balaban J connectivity index is 2.05. The molecule has 1 amide bonds. The minimum Gasteiger partial charge on any atom is -0.480 e. The van der Waals surface area contributed by atoms with Gasteiger partial charge in [0.05, 0.1) is 10.7 Å². The van der Waals surface area contributed by atoms with E-state index >= 15 is 0 Å². The molecule has 0 bridgehead atoms. The second-order valence-corrected chi connectivity index (χ2v) is 6.76. The van der Waals surface area contributed by atoms with Gasteiger partial charge >= 0.3 is 5.97 Å². The van der Waals surface area contributed by atoms with Crippen LogP contribution in [0, 0.1) is 12.8 Å². The Kier molecular flexibility index (Phi) is 4.77. The number of nitrogens with one attached hydrogen (secondary N) is 1. The zero-order chi connectivity index (χ0) is 15.5. The molecule has 1 aromatic rings. The van der Waals surface area contributed by atoms with Crippen molar-refractivity contribution in [2.75, 3.05) is 0 Å². The summed E-state index contributed by atoms with van der Waals surface area (Å²) in [6.07, 6.45) is 5.78. The summed E-state index contributed by atoms with van der Waals surface area (Å²) in [5.74, 6) is -1.02. The van der Waals surface area contributed by atoms with Crippen LogP contribution in [-0.4, -0.2) is 27.5 Å². The summed E-state index contributed by atoms with van der Waals surface area (Å²) in [5, 5.41) is 15.0. The molecule has 2 N–H and O–H groups in total. The van der Waals surface area contributed by atoms with Gasteiger partial charge in [0.15, 0.2) is 0 Å². The topological polar surface area (TPSA) is 79.3 Å². The van der Waals surface area contributed by atoms with Crippen LogP contribution < -0.4 is 5.32 Å². The Morgan fingerprint density at radius 1 is 1.57 bits per heavy atom. The van der Waals surface area contributed by atoms with Crippen LogP contribution in [-0.2, 0) is 9.59 Å². The van der Waals surface area contributed by atoms with E-state index in [2.05, 4.69) is 10.3 Å². The highest BCUT2D eigenvalue weighted by Crippen LogP contribution is 2.32. The van der Waals surface area contributed by atoms with E-state index in [-0.39, 0.29) is 5.91 Å². The normalized spacial score (nSPS) is 25.9. The number of nitrogens with zero attached hydrogens (tertiary/aromatic N) is 1. The van der Waals surface area contributed by atoms with E-state index in [9.17, 15) is 14.7 Å². The third-order valence-corrected chi connectivity index (χ3v) is 4.60. The molecule has 0 spiro atoms. The lowest BCUT2D eigenvalue weighted by Gasteiger charge is -2.36. The highest BCUT2D eigenvalue weighted by atomic mass is 32.1. The number of aromatic nitrogens is 1. The summed E-state index contributed by atoms with van der Waals surface area (Å²) < 4.78 is 0. The summed E-state index contributed by atoms with van der Waals surface area (Å²) in [4.78, 5) is 27.8. The van der Waals surface area contributed by atoms with E-state index in [1.54, 1.807) is 6.08 Å². The predicted molar refractivity (Wildman–Crippen MR) is 82.0 cm³/mol. The number of carboxylic acid groups (broad SMARTS) is 1. The first kappa shape index (κ1) is 15.7. The van der Waals surface area contributed by atoms with Crippen molar-refractivity contribution in [3.63, 3.8) is 0 Å². The number of carbonyl (C=O) groups is 2. The molecule has 0 aromatic carbocycles. The molecule has 0 aliphatic heterocycles. The molecular formula is C15H20N2O3S. The summed E-state index contributed by atoms with van der Waals surface area (Å²) >= 11 is 1.51. The van der Waals surface area contributed by atoms with Crippen LogP contribution >= 0.6 is 11.3 Å². The van der Waals surface area contributed by atoms with Crippen LogP contribution in [0.1, 0.15) is 43.3 Å². The molecule has 0 saturated heterocycles. The van der Waals surface area contributed by atoms with Crippen molar-refractivity contribution in [3.8, 4) is 0 Å². The number of aliphatic carboxylic acids is 1. The maximum Gasteiger partial charge on any atom is 0.329 e. The van der Waals surface area contributed by atoms with Gasteiger partial charge in [-0.1, -0.05) is 19.8 Å². The Hall–Kier alpha value is -1.69. The molecule has 1 saturated carbocycles. The minimum atomic E-state index is -1.13. The highest BCUT2D eigenvalue weighted by molar-refractivity contribution is 7.09. The average Bonchev–Trinajstić information content (AvgIpc) is 2.82. The Morgan fingerprint density at radius 2 is 2.33 bits per heavy atom. The van der Waals surface area contributed by atoms with Crippen molar-refractivity contribution >= 4 is 29.3 Å². The molecular weight excluding hydrogens is 288 g/mol. The van der Waals surface area contributed by atoms with E-state index in [1.807, 2.05) is 19.2 Å². The molecule has 0 radical (unpaired) electrons.